The highest BCUT2D eigenvalue weighted by molar-refractivity contribution is 6.29. The minimum Gasteiger partial charge on any atom is -0.481 e. The van der Waals surface area contributed by atoms with E-state index >= 15 is 0 Å². The van der Waals surface area contributed by atoms with Crippen LogP contribution in [0.1, 0.15) is 36.2 Å². The first kappa shape index (κ1) is 13.7. The summed E-state index contributed by atoms with van der Waals surface area (Å²) in [6.07, 6.45) is 5.54. The van der Waals surface area contributed by atoms with E-state index < -0.39 is 17.3 Å². The molecule has 0 aromatic carbocycles. The minimum atomic E-state index is -0.859. The van der Waals surface area contributed by atoms with Crippen molar-refractivity contribution >= 4 is 23.5 Å². The van der Waals surface area contributed by atoms with Crippen LogP contribution in [0.15, 0.2) is 12.4 Å². The van der Waals surface area contributed by atoms with Crippen LogP contribution in [0, 0.1) is 5.41 Å². The third-order valence-electron chi connectivity index (χ3n) is 3.44. The Morgan fingerprint density at radius 3 is 2.63 bits per heavy atom. The largest absolute Gasteiger partial charge is 0.481 e. The second-order valence-corrected chi connectivity index (χ2v) is 5.09. The fraction of sp³-hybridized carbons (Fsp3) is 0.500. The molecular weight excluding hydrogens is 270 g/mol. The van der Waals surface area contributed by atoms with Gasteiger partial charge in [-0.15, -0.1) is 0 Å². The van der Waals surface area contributed by atoms with Crippen LogP contribution in [-0.2, 0) is 4.79 Å². The molecule has 1 aliphatic carbocycles. The number of nitrogens with one attached hydrogen (secondary N) is 1. The van der Waals surface area contributed by atoms with Crippen LogP contribution >= 0.6 is 11.6 Å². The SMILES string of the molecule is O=C(NCC1(C(=O)O)CCCC1)c1cncc(Cl)n1. The molecule has 1 amide bonds. The van der Waals surface area contributed by atoms with Gasteiger partial charge < -0.3 is 10.4 Å². The van der Waals surface area contributed by atoms with Crippen molar-refractivity contribution in [1.82, 2.24) is 15.3 Å². The Labute approximate surface area is 115 Å². The fourth-order valence-corrected chi connectivity index (χ4v) is 2.46. The van der Waals surface area contributed by atoms with Crippen molar-refractivity contribution in [2.24, 2.45) is 5.41 Å². The monoisotopic (exact) mass is 283 g/mol. The maximum Gasteiger partial charge on any atom is 0.311 e. The molecule has 1 saturated carbocycles. The number of carbonyl (C=O) groups excluding carboxylic acids is 1. The van der Waals surface area contributed by atoms with Gasteiger partial charge in [0.25, 0.3) is 5.91 Å². The molecule has 0 bridgehead atoms. The topological polar surface area (TPSA) is 92.2 Å². The number of amides is 1. The lowest BCUT2D eigenvalue weighted by atomic mass is 9.86. The third-order valence-corrected chi connectivity index (χ3v) is 3.62. The predicted molar refractivity (Wildman–Crippen MR) is 67.9 cm³/mol. The van der Waals surface area contributed by atoms with E-state index in [4.69, 9.17) is 11.6 Å². The first-order chi connectivity index (χ1) is 9.03. The fourth-order valence-electron chi connectivity index (χ4n) is 2.31. The molecule has 0 saturated heterocycles. The lowest BCUT2D eigenvalue weighted by molar-refractivity contribution is -0.148. The highest BCUT2D eigenvalue weighted by Crippen LogP contribution is 2.37. The summed E-state index contributed by atoms with van der Waals surface area (Å²) in [5, 5.41) is 12.0. The second-order valence-electron chi connectivity index (χ2n) is 4.70. The molecule has 1 aromatic heterocycles. The van der Waals surface area contributed by atoms with Crippen molar-refractivity contribution in [3.63, 3.8) is 0 Å². The lowest BCUT2D eigenvalue weighted by Gasteiger charge is -2.23. The van der Waals surface area contributed by atoms with E-state index in [1.807, 2.05) is 0 Å². The van der Waals surface area contributed by atoms with Crippen LogP contribution in [0.2, 0.25) is 5.15 Å². The number of nitrogens with zero attached hydrogens (tertiary/aromatic N) is 2. The quantitative estimate of drug-likeness (QED) is 0.874. The zero-order chi connectivity index (χ0) is 13.9. The zero-order valence-corrected chi connectivity index (χ0v) is 11.0. The Balaban J connectivity index is 2.02. The number of hydrogen-bond donors (Lipinski definition) is 2. The van der Waals surface area contributed by atoms with E-state index in [2.05, 4.69) is 15.3 Å². The summed E-state index contributed by atoms with van der Waals surface area (Å²) in [5.74, 6) is -1.31. The number of halogens is 1. The van der Waals surface area contributed by atoms with Gasteiger partial charge in [-0.2, -0.15) is 0 Å². The maximum atomic E-state index is 11.9. The maximum absolute atomic E-state index is 11.9. The zero-order valence-electron chi connectivity index (χ0n) is 10.2. The molecule has 0 atom stereocenters. The van der Waals surface area contributed by atoms with Crippen molar-refractivity contribution in [3.05, 3.63) is 23.2 Å². The van der Waals surface area contributed by atoms with E-state index in [9.17, 15) is 14.7 Å². The first-order valence-electron chi connectivity index (χ1n) is 6.03. The summed E-state index contributed by atoms with van der Waals surface area (Å²) in [7, 11) is 0. The summed E-state index contributed by atoms with van der Waals surface area (Å²) in [5.41, 5.74) is -0.757. The van der Waals surface area contributed by atoms with Crippen LogP contribution in [-0.4, -0.2) is 33.5 Å². The Hall–Kier alpha value is -1.69. The molecule has 0 aliphatic heterocycles. The molecule has 1 heterocycles. The van der Waals surface area contributed by atoms with Crippen molar-refractivity contribution in [2.75, 3.05) is 6.54 Å². The third kappa shape index (κ3) is 3.01. The predicted octanol–water partition coefficient (Wildman–Crippen LogP) is 1.50. The van der Waals surface area contributed by atoms with Gasteiger partial charge in [0.15, 0.2) is 0 Å². The standard InChI is InChI=1S/C12H14ClN3O3/c13-9-6-14-5-8(16-9)10(17)15-7-12(11(18)19)3-1-2-4-12/h5-6H,1-4,7H2,(H,15,17)(H,18,19). The first-order valence-corrected chi connectivity index (χ1v) is 6.40. The molecule has 7 heteroatoms. The van der Waals surface area contributed by atoms with Gasteiger partial charge in [-0.05, 0) is 12.8 Å². The van der Waals surface area contributed by atoms with E-state index in [0.717, 1.165) is 12.8 Å². The van der Waals surface area contributed by atoms with Gasteiger partial charge in [0.05, 0.1) is 17.8 Å². The number of hydrogen-bond acceptors (Lipinski definition) is 4. The molecule has 102 valence electrons. The number of rotatable bonds is 4. The van der Waals surface area contributed by atoms with Crippen LogP contribution in [0.5, 0.6) is 0 Å². The highest BCUT2D eigenvalue weighted by Gasteiger charge is 2.41. The second kappa shape index (κ2) is 5.52. The van der Waals surface area contributed by atoms with Crippen LogP contribution < -0.4 is 5.32 Å². The molecule has 2 N–H and O–H groups in total. The molecule has 1 aliphatic rings. The molecule has 0 radical (unpaired) electrons. The van der Waals surface area contributed by atoms with E-state index in [1.165, 1.54) is 12.4 Å². The van der Waals surface area contributed by atoms with Crippen LogP contribution in [0.3, 0.4) is 0 Å². The number of carboxylic acid groups (broad SMARTS) is 1. The average Bonchev–Trinajstić information content (AvgIpc) is 2.86. The Morgan fingerprint density at radius 1 is 1.37 bits per heavy atom. The molecule has 1 aromatic rings. The van der Waals surface area contributed by atoms with E-state index in [0.29, 0.717) is 12.8 Å². The molecule has 2 rings (SSSR count). The molecule has 0 spiro atoms. The molecule has 19 heavy (non-hydrogen) atoms. The molecular formula is C12H14ClN3O3. The average molecular weight is 284 g/mol. The van der Waals surface area contributed by atoms with Crippen LogP contribution in [0.4, 0.5) is 0 Å². The summed E-state index contributed by atoms with van der Waals surface area (Å²) >= 11 is 5.65. The minimum absolute atomic E-state index is 0.0889. The van der Waals surface area contributed by atoms with Gasteiger partial charge >= 0.3 is 5.97 Å². The van der Waals surface area contributed by atoms with Crippen molar-refractivity contribution in [1.29, 1.82) is 0 Å². The van der Waals surface area contributed by atoms with Crippen molar-refractivity contribution in [3.8, 4) is 0 Å². The Morgan fingerprint density at radius 2 is 2.05 bits per heavy atom. The van der Waals surface area contributed by atoms with E-state index in [1.54, 1.807) is 0 Å². The highest BCUT2D eigenvalue weighted by atomic mass is 35.5. The molecule has 0 unspecified atom stereocenters. The van der Waals surface area contributed by atoms with Crippen molar-refractivity contribution in [2.45, 2.75) is 25.7 Å². The van der Waals surface area contributed by atoms with Gasteiger partial charge in [0.1, 0.15) is 10.8 Å². The number of carboxylic acids is 1. The number of carbonyl (C=O) groups is 2. The normalized spacial score (nSPS) is 17.1. The van der Waals surface area contributed by atoms with Crippen molar-refractivity contribution < 1.29 is 14.7 Å². The number of aromatic nitrogens is 2. The Kier molecular flexibility index (Phi) is 3.99. The van der Waals surface area contributed by atoms with Gasteiger partial charge in [-0.25, -0.2) is 4.98 Å². The number of aliphatic carboxylic acids is 1. The smallest absolute Gasteiger partial charge is 0.311 e. The van der Waals surface area contributed by atoms with Gasteiger partial charge in [-0.3, -0.25) is 14.6 Å². The van der Waals surface area contributed by atoms with E-state index in [-0.39, 0.29) is 17.4 Å². The van der Waals surface area contributed by atoms with Gasteiger partial charge in [-0.1, -0.05) is 24.4 Å². The van der Waals surface area contributed by atoms with Crippen LogP contribution in [0.25, 0.3) is 0 Å². The van der Waals surface area contributed by atoms with Gasteiger partial charge in [0, 0.05) is 6.54 Å². The molecule has 1 fully saturated rings. The summed E-state index contributed by atoms with van der Waals surface area (Å²) in [6.45, 7) is 0.107. The lowest BCUT2D eigenvalue weighted by Crippen LogP contribution is -2.41. The van der Waals surface area contributed by atoms with Gasteiger partial charge in [0.2, 0.25) is 0 Å². The Bertz CT molecular complexity index is 501. The summed E-state index contributed by atoms with van der Waals surface area (Å²) in [6, 6.07) is 0. The summed E-state index contributed by atoms with van der Waals surface area (Å²) in [4.78, 5) is 30.8. The summed E-state index contributed by atoms with van der Waals surface area (Å²) < 4.78 is 0. The molecule has 6 nitrogen and oxygen atoms in total.